The Bertz CT molecular complexity index is 752. The zero-order chi connectivity index (χ0) is 18.7. The van der Waals surface area contributed by atoms with E-state index in [0.29, 0.717) is 0 Å². The van der Waals surface area contributed by atoms with Crippen molar-refractivity contribution in [2.24, 2.45) is 0 Å². The molecule has 2 aromatic rings. The number of hydrogen-bond donors (Lipinski definition) is 0. The van der Waals surface area contributed by atoms with Crippen LogP contribution in [0.4, 0.5) is 0 Å². The zero-order valence-corrected chi connectivity index (χ0v) is 16.5. The van der Waals surface area contributed by atoms with Crippen LogP contribution >= 0.6 is 0 Å². The molecule has 2 aliphatic heterocycles. The van der Waals surface area contributed by atoms with Crippen LogP contribution in [-0.4, -0.2) is 64.9 Å². The summed E-state index contributed by atoms with van der Waals surface area (Å²) in [5.41, 5.74) is 3.26. The Labute approximate surface area is 161 Å². The highest BCUT2D eigenvalue weighted by Gasteiger charge is 2.39. The Morgan fingerprint density at radius 2 is 1.93 bits per heavy atom. The first-order valence-corrected chi connectivity index (χ1v) is 10.0. The van der Waals surface area contributed by atoms with E-state index in [1.165, 1.54) is 5.69 Å². The SMILES string of the molecule is Cc1cc(CN2CCC3(CC2)CN(CCc2cccc(C)n2)CCO3)on1. The number of rotatable bonds is 5. The highest BCUT2D eigenvalue weighted by atomic mass is 16.5. The molecule has 2 aliphatic rings. The summed E-state index contributed by atoms with van der Waals surface area (Å²) in [5.74, 6) is 0.959. The van der Waals surface area contributed by atoms with Crippen LogP contribution in [0.5, 0.6) is 0 Å². The van der Waals surface area contributed by atoms with Crippen LogP contribution in [0.3, 0.4) is 0 Å². The fourth-order valence-electron chi connectivity index (χ4n) is 4.26. The van der Waals surface area contributed by atoms with Gasteiger partial charge in [-0.2, -0.15) is 0 Å². The van der Waals surface area contributed by atoms with Gasteiger partial charge in [0.1, 0.15) is 0 Å². The van der Waals surface area contributed by atoms with Crippen molar-refractivity contribution >= 4 is 0 Å². The summed E-state index contributed by atoms with van der Waals surface area (Å²) in [7, 11) is 0. The van der Waals surface area contributed by atoms with Crippen molar-refractivity contribution in [1.82, 2.24) is 19.9 Å². The van der Waals surface area contributed by atoms with Gasteiger partial charge in [0, 0.05) is 56.6 Å². The number of nitrogens with zero attached hydrogens (tertiary/aromatic N) is 4. The maximum atomic E-state index is 6.29. The van der Waals surface area contributed by atoms with Crippen LogP contribution in [-0.2, 0) is 17.7 Å². The number of likely N-dealkylation sites (tertiary alicyclic amines) is 1. The number of ether oxygens (including phenoxy) is 1. The van der Waals surface area contributed by atoms with Crippen LogP contribution in [0.15, 0.2) is 28.8 Å². The lowest BCUT2D eigenvalue weighted by Crippen LogP contribution is -2.57. The lowest BCUT2D eigenvalue weighted by Gasteiger charge is -2.47. The minimum absolute atomic E-state index is 0.0200. The summed E-state index contributed by atoms with van der Waals surface area (Å²) in [6, 6.07) is 8.32. The smallest absolute Gasteiger partial charge is 0.150 e. The van der Waals surface area contributed by atoms with Gasteiger partial charge in [0.2, 0.25) is 0 Å². The summed E-state index contributed by atoms with van der Waals surface area (Å²) in [6.45, 7) is 10.9. The van der Waals surface area contributed by atoms with E-state index < -0.39 is 0 Å². The summed E-state index contributed by atoms with van der Waals surface area (Å²) < 4.78 is 11.7. The summed E-state index contributed by atoms with van der Waals surface area (Å²) in [5, 5.41) is 3.99. The number of hydrogen-bond acceptors (Lipinski definition) is 6. The highest BCUT2D eigenvalue weighted by molar-refractivity contribution is 5.10. The van der Waals surface area contributed by atoms with Crippen LogP contribution in [0.1, 0.15) is 35.7 Å². The molecule has 146 valence electrons. The predicted octanol–water partition coefficient (Wildman–Crippen LogP) is 2.60. The second-order valence-corrected chi connectivity index (χ2v) is 8.04. The molecule has 2 aromatic heterocycles. The van der Waals surface area contributed by atoms with Crippen LogP contribution in [0, 0.1) is 13.8 Å². The Hall–Kier alpha value is -1.76. The van der Waals surface area contributed by atoms with Gasteiger partial charge in [-0.3, -0.25) is 14.8 Å². The van der Waals surface area contributed by atoms with E-state index in [4.69, 9.17) is 9.26 Å². The molecule has 2 saturated heterocycles. The molecular formula is C21H30N4O2. The van der Waals surface area contributed by atoms with Crippen LogP contribution in [0.2, 0.25) is 0 Å². The van der Waals surface area contributed by atoms with Gasteiger partial charge in [-0.15, -0.1) is 0 Å². The minimum atomic E-state index is 0.0200. The Balaban J connectivity index is 1.28. The molecule has 27 heavy (non-hydrogen) atoms. The fraction of sp³-hybridized carbons (Fsp3) is 0.619. The second kappa shape index (κ2) is 8.09. The summed E-state index contributed by atoms with van der Waals surface area (Å²) in [4.78, 5) is 9.64. The molecule has 0 radical (unpaired) electrons. The number of aromatic nitrogens is 2. The van der Waals surface area contributed by atoms with Gasteiger partial charge in [0.25, 0.3) is 0 Å². The van der Waals surface area contributed by atoms with E-state index in [0.717, 1.165) is 82.3 Å². The number of aryl methyl sites for hydroxylation is 2. The van der Waals surface area contributed by atoms with Crippen molar-refractivity contribution in [1.29, 1.82) is 0 Å². The monoisotopic (exact) mass is 370 g/mol. The average molecular weight is 370 g/mol. The van der Waals surface area contributed by atoms with Crippen LogP contribution < -0.4 is 0 Å². The first-order chi connectivity index (χ1) is 13.1. The zero-order valence-electron chi connectivity index (χ0n) is 16.5. The third kappa shape index (κ3) is 4.75. The van der Waals surface area contributed by atoms with Gasteiger partial charge < -0.3 is 9.26 Å². The third-order valence-electron chi connectivity index (χ3n) is 5.78. The Morgan fingerprint density at radius 1 is 1.07 bits per heavy atom. The van der Waals surface area contributed by atoms with Crippen molar-refractivity contribution in [3.8, 4) is 0 Å². The second-order valence-electron chi connectivity index (χ2n) is 8.04. The van der Waals surface area contributed by atoms with E-state index in [1.807, 2.05) is 13.0 Å². The molecule has 1 spiro atoms. The van der Waals surface area contributed by atoms with E-state index in [9.17, 15) is 0 Å². The van der Waals surface area contributed by atoms with Gasteiger partial charge in [0.15, 0.2) is 5.76 Å². The van der Waals surface area contributed by atoms with Crippen LogP contribution in [0.25, 0.3) is 0 Å². The molecule has 0 amide bonds. The van der Waals surface area contributed by atoms with E-state index in [-0.39, 0.29) is 5.60 Å². The van der Waals surface area contributed by atoms with Crippen molar-refractivity contribution in [2.45, 2.75) is 45.3 Å². The highest BCUT2D eigenvalue weighted by Crippen LogP contribution is 2.30. The first-order valence-electron chi connectivity index (χ1n) is 10.0. The number of pyridine rings is 1. The van der Waals surface area contributed by atoms with Gasteiger partial charge in [-0.1, -0.05) is 11.2 Å². The quantitative estimate of drug-likeness (QED) is 0.806. The average Bonchev–Trinajstić information content (AvgIpc) is 3.07. The van der Waals surface area contributed by atoms with Gasteiger partial charge in [-0.25, -0.2) is 0 Å². The van der Waals surface area contributed by atoms with Crippen molar-refractivity contribution in [3.05, 3.63) is 47.1 Å². The topological polar surface area (TPSA) is 54.6 Å². The standard InChI is InChI=1S/C21H30N4O2/c1-17-4-3-5-19(22-17)6-9-25-12-13-26-21(16-25)7-10-24(11-8-21)15-20-14-18(2)23-27-20/h3-5,14H,6-13,15-16H2,1-2H3. The lowest BCUT2D eigenvalue weighted by atomic mass is 9.89. The largest absolute Gasteiger partial charge is 0.372 e. The summed E-state index contributed by atoms with van der Waals surface area (Å²) >= 11 is 0. The Morgan fingerprint density at radius 3 is 2.67 bits per heavy atom. The molecule has 0 aliphatic carbocycles. The molecule has 0 unspecified atom stereocenters. The number of piperidine rings is 1. The van der Waals surface area contributed by atoms with Crippen molar-refractivity contribution in [2.75, 3.05) is 39.3 Å². The molecule has 6 heteroatoms. The molecule has 6 nitrogen and oxygen atoms in total. The molecule has 4 rings (SSSR count). The number of morpholine rings is 1. The molecule has 0 bridgehead atoms. The molecular weight excluding hydrogens is 340 g/mol. The molecule has 0 N–H and O–H groups in total. The third-order valence-corrected chi connectivity index (χ3v) is 5.78. The summed E-state index contributed by atoms with van der Waals surface area (Å²) in [6.07, 6.45) is 3.17. The van der Waals surface area contributed by atoms with Gasteiger partial charge in [0.05, 0.1) is 24.4 Å². The van der Waals surface area contributed by atoms with E-state index in [2.05, 4.69) is 45.1 Å². The molecule has 0 aromatic carbocycles. The molecule has 2 fully saturated rings. The predicted molar refractivity (Wildman–Crippen MR) is 104 cm³/mol. The Kier molecular flexibility index (Phi) is 5.57. The van der Waals surface area contributed by atoms with Crippen molar-refractivity contribution < 1.29 is 9.26 Å². The first kappa shape index (κ1) is 18.6. The molecule has 4 heterocycles. The molecule has 0 atom stereocenters. The fourth-order valence-corrected chi connectivity index (χ4v) is 4.26. The maximum Gasteiger partial charge on any atom is 0.150 e. The van der Waals surface area contributed by atoms with Crippen molar-refractivity contribution in [3.63, 3.8) is 0 Å². The van der Waals surface area contributed by atoms with E-state index in [1.54, 1.807) is 0 Å². The molecule has 0 saturated carbocycles. The maximum absolute atomic E-state index is 6.29. The normalized spacial score (nSPS) is 21.0. The van der Waals surface area contributed by atoms with E-state index >= 15 is 0 Å². The van der Waals surface area contributed by atoms with Gasteiger partial charge in [-0.05, 0) is 38.8 Å². The minimum Gasteiger partial charge on any atom is -0.372 e. The lowest BCUT2D eigenvalue weighted by molar-refractivity contribution is -0.136. The van der Waals surface area contributed by atoms with Gasteiger partial charge >= 0.3 is 0 Å².